The van der Waals surface area contributed by atoms with E-state index in [2.05, 4.69) is 28.8 Å². The Morgan fingerprint density at radius 2 is 2.13 bits per heavy atom. The van der Waals surface area contributed by atoms with Crippen LogP contribution >= 0.6 is 0 Å². The molecule has 6 heteroatoms. The summed E-state index contributed by atoms with van der Waals surface area (Å²) in [5.74, 6) is 0.823. The summed E-state index contributed by atoms with van der Waals surface area (Å²) in [6, 6.07) is 7.61. The molecule has 3 heterocycles. The summed E-state index contributed by atoms with van der Waals surface area (Å²) in [5.41, 5.74) is 7.97. The number of hydrogen-bond donors (Lipinski definition) is 1. The zero-order valence-corrected chi connectivity index (χ0v) is 13.4. The number of carbonyl (C=O) groups excluding carboxylic acids is 1. The molecule has 2 N–H and O–H groups in total. The Labute approximate surface area is 135 Å². The smallest absolute Gasteiger partial charge is 0.272 e. The molecule has 6 nitrogen and oxygen atoms in total. The molecule has 1 amide bonds. The molecule has 23 heavy (non-hydrogen) atoms. The van der Waals surface area contributed by atoms with Crippen LogP contribution in [-0.4, -0.2) is 38.8 Å². The number of amides is 1. The summed E-state index contributed by atoms with van der Waals surface area (Å²) in [5, 5.41) is 0. The van der Waals surface area contributed by atoms with Crippen molar-refractivity contribution in [3.8, 4) is 0 Å². The van der Waals surface area contributed by atoms with E-state index in [9.17, 15) is 4.79 Å². The van der Waals surface area contributed by atoms with Gasteiger partial charge in [-0.15, -0.1) is 0 Å². The number of anilines is 1. The molecule has 2 aromatic rings. The lowest BCUT2D eigenvalue weighted by atomic mass is 9.95. The number of aromatic nitrogens is 3. The van der Waals surface area contributed by atoms with E-state index in [1.54, 1.807) is 17.2 Å². The van der Waals surface area contributed by atoms with Crippen LogP contribution in [0, 0.1) is 5.92 Å². The number of nitrogen functional groups attached to an aromatic ring is 1. The maximum Gasteiger partial charge on any atom is 0.272 e. The van der Waals surface area contributed by atoms with E-state index in [1.807, 2.05) is 18.2 Å². The molecule has 0 saturated carbocycles. The van der Waals surface area contributed by atoms with Crippen LogP contribution in [0.5, 0.6) is 0 Å². The number of likely N-dealkylation sites (tertiary alicyclic amines) is 1. The van der Waals surface area contributed by atoms with Crippen molar-refractivity contribution in [1.82, 2.24) is 19.9 Å². The second-order valence-electron chi connectivity index (χ2n) is 6.36. The van der Waals surface area contributed by atoms with Crippen molar-refractivity contribution in [1.29, 1.82) is 0 Å². The average Bonchev–Trinajstić information content (AvgIpc) is 2.45. The SMILES string of the molecule is CC(C)Cc1cc(C(=O)N2CC(c3ccccn3)C2)nc(N)n1. The van der Waals surface area contributed by atoms with Crippen molar-refractivity contribution in [2.24, 2.45) is 5.92 Å². The van der Waals surface area contributed by atoms with Gasteiger partial charge in [-0.25, -0.2) is 9.97 Å². The standard InChI is InChI=1S/C17H21N5O/c1-11(2)7-13-8-15(21-17(18)20-13)16(23)22-9-12(10-22)14-5-3-4-6-19-14/h3-6,8,11-12H,7,9-10H2,1-2H3,(H2,18,20,21). The molecule has 0 aliphatic carbocycles. The van der Waals surface area contributed by atoms with Crippen molar-refractivity contribution in [2.45, 2.75) is 26.2 Å². The monoisotopic (exact) mass is 311 g/mol. The zero-order valence-electron chi connectivity index (χ0n) is 13.4. The predicted octanol–water partition coefficient (Wildman–Crippen LogP) is 1.89. The van der Waals surface area contributed by atoms with Crippen LogP contribution in [0.4, 0.5) is 5.95 Å². The fourth-order valence-corrected chi connectivity index (χ4v) is 2.76. The first-order chi connectivity index (χ1) is 11.0. The highest BCUT2D eigenvalue weighted by Crippen LogP contribution is 2.26. The fourth-order valence-electron chi connectivity index (χ4n) is 2.76. The summed E-state index contributed by atoms with van der Waals surface area (Å²) < 4.78 is 0. The third-order valence-corrected chi connectivity index (χ3v) is 3.91. The van der Waals surface area contributed by atoms with Gasteiger partial charge in [0, 0.05) is 36.6 Å². The molecule has 0 spiro atoms. The minimum absolute atomic E-state index is 0.0868. The van der Waals surface area contributed by atoms with Crippen LogP contribution in [0.2, 0.25) is 0 Å². The lowest BCUT2D eigenvalue weighted by molar-refractivity contribution is 0.0592. The van der Waals surface area contributed by atoms with Crippen LogP contribution in [-0.2, 0) is 6.42 Å². The van der Waals surface area contributed by atoms with E-state index in [1.165, 1.54) is 0 Å². The van der Waals surface area contributed by atoms with Crippen LogP contribution in [0.15, 0.2) is 30.5 Å². The van der Waals surface area contributed by atoms with Gasteiger partial charge >= 0.3 is 0 Å². The summed E-state index contributed by atoms with van der Waals surface area (Å²) >= 11 is 0. The highest BCUT2D eigenvalue weighted by Gasteiger charge is 2.33. The summed E-state index contributed by atoms with van der Waals surface area (Å²) in [7, 11) is 0. The average molecular weight is 311 g/mol. The summed E-state index contributed by atoms with van der Waals surface area (Å²) in [4.78, 5) is 27.0. The zero-order chi connectivity index (χ0) is 16.4. The minimum atomic E-state index is -0.0868. The predicted molar refractivity (Wildman–Crippen MR) is 87.9 cm³/mol. The molecule has 0 unspecified atom stereocenters. The molecule has 0 radical (unpaired) electrons. The maximum absolute atomic E-state index is 12.6. The molecule has 1 aliphatic rings. The minimum Gasteiger partial charge on any atom is -0.368 e. The molecule has 1 fully saturated rings. The summed E-state index contributed by atoms with van der Waals surface area (Å²) in [6.07, 6.45) is 2.56. The highest BCUT2D eigenvalue weighted by atomic mass is 16.2. The van der Waals surface area contributed by atoms with Crippen molar-refractivity contribution in [3.63, 3.8) is 0 Å². The van der Waals surface area contributed by atoms with E-state index in [0.717, 1.165) is 17.8 Å². The first kappa shape index (κ1) is 15.4. The molecule has 120 valence electrons. The molecular formula is C17H21N5O. The van der Waals surface area contributed by atoms with Gasteiger partial charge in [-0.3, -0.25) is 9.78 Å². The van der Waals surface area contributed by atoms with E-state index < -0.39 is 0 Å². The van der Waals surface area contributed by atoms with Crippen molar-refractivity contribution in [3.05, 3.63) is 47.5 Å². The topological polar surface area (TPSA) is 85.0 Å². The van der Waals surface area contributed by atoms with Gasteiger partial charge in [0.25, 0.3) is 5.91 Å². The third kappa shape index (κ3) is 3.47. The Kier molecular flexibility index (Phi) is 4.23. The molecule has 1 saturated heterocycles. The second-order valence-corrected chi connectivity index (χ2v) is 6.36. The molecule has 0 atom stereocenters. The van der Waals surface area contributed by atoms with Crippen LogP contribution in [0.25, 0.3) is 0 Å². The van der Waals surface area contributed by atoms with Crippen molar-refractivity contribution in [2.75, 3.05) is 18.8 Å². The summed E-state index contributed by atoms with van der Waals surface area (Å²) in [6.45, 7) is 5.54. The van der Waals surface area contributed by atoms with Gasteiger partial charge in [-0.1, -0.05) is 19.9 Å². The van der Waals surface area contributed by atoms with Crippen LogP contribution in [0.3, 0.4) is 0 Å². The molecule has 0 aromatic carbocycles. The van der Waals surface area contributed by atoms with Crippen LogP contribution < -0.4 is 5.73 Å². The van der Waals surface area contributed by atoms with Gasteiger partial charge in [0.2, 0.25) is 5.95 Å². The number of nitrogens with zero attached hydrogens (tertiary/aromatic N) is 4. The van der Waals surface area contributed by atoms with Crippen molar-refractivity contribution >= 4 is 11.9 Å². The number of carbonyl (C=O) groups is 1. The van der Waals surface area contributed by atoms with Gasteiger partial charge in [-0.05, 0) is 30.5 Å². The third-order valence-electron chi connectivity index (χ3n) is 3.91. The van der Waals surface area contributed by atoms with E-state index >= 15 is 0 Å². The first-order valence-corrected chi connectivity index (χ1v) is 7.86. The Balaban J connectivity index is 1.69. The van der Waals surface area contributed by atoms with Gasteiger partial charge in [-0.2, -0.15) is 0 Å². The largest absolute Gasteiger partial charge is 0.368 e. The Bertz CT molecular complexity index is 695. The van der Waals surface area contributed by atoms with E-state index in [0.29, 0.717) is 30.6 Å². The van der Waals surface area contributed by atoms with Gasteiger partial charge in [0.05, 0.1) is 0 Å². The number of pyridine rings is 1. The number of rotatable bonds is 4. The maximum atomic E-state index is 12.6. The fraction of sp³-hybridized carbons (Fsp3) is 0.412. The second kappa shape index (κ2) is 6.32. The van der Waals surface area contributed by atoms with Crippen LogP contribution in [0.1, 0.15) is 41.6 Å². The van der Waals surface area contributed by atoms with Gasteiger partial charge in [0.1, 0.15) is 5.69 Å². The number of nitrogens with two attached hydrogens (primary N) is 1. The molecular weight excluding hydrogens is 290 g/mol. The molecule has 3 rings (SSSR count). The van der Waals surface area contributed by atoms with E-state index in [-0.39, 0.29) is 11.9 Å². The first-order valence-electron chi connectivity index (χ1n) is 7.86. The Morgan fingerprint density at radius 1 is 1.35 bits per heavy atom. The molecule has 1 aliphatic heterocycles. The highest BCUT2D eigenvalue weighted by molar-refractivity contribution is 5.93. The van der Waals surface area contributed by atoms with E-state index in [4.69, 9.17) is 5.73 Å². The quantitative estimate of drug-likeness (QED) is 0.932. The Morgan fingerprint density at radius 3 is 2.78 bits per heavy atom. The molecule has 0 bridgehead atoms. The Hall–Kier alpha value is -2.50. The number of hydrogen-bond acceptors (Lipinski definition) is 5. The molecule has 2 aromatic heterocycles. The van der Waals surface area contributed by atoms with Crippen molar-refractivity contribution < 1.29 is 4.79 Å². The normalized spacial score (nSPS) is 14.8. The van der Waals surface area contributed by atoms with Gasteiger partial charge in [0.15, 0.2) is 0 Å². The lowest BCUT2D eigenvalue weighted by Gasteiger charge is -2.38. The lowest BCUT2D eigenvalue weighted by Crippen LogP contribution is -2.49. The van der Waals surface area contributed by atoms with Gasteiger partial charge < -0.3 is 10.6 Å².